The number of aryl methyl sites for hydroxylation is 1. The number of aromatic hydroxyl groups is 1. The summed E-state index contributed by atoms with van der Waals surface area (Å²) in [5.74, 6) is 0.321. The van der Waals surface area contributed by atoms with Crippen molar-refractivity contribution in [3.63, 3.8) is 0 Å². The number of hydrogen-bond acceptors (Lipinski definition) is 1. The van der Waals surface area contributed by atoms with Crippen LogP contribution >= 0.6 is 15.9 Å². The summed E-state index contributed by atoms with van der Waals surface area (Å²) in [7, 11) is 0. The summed E-state index contributed by atoms with van der Waals surface area (Å²) in [6.07, 6.45) is 0. The molecule has 1 N–H and O–H groups in total. The zero-order valence-electron chi connectivity index (χ0n) is 8.37. The van der Waals surface area contributed by atoms with Gasteiger partial charge in [0.1, 0.15) is 5.75 Å². The Morgan fingerprint density at radius 2 is 1.73 bits per heavy atom. The smallest absolute Gasteiger partial charge is 0.123 e. The number of phenolic OH excluding ortho intramolecular Hbond substituents is 1. The fraction of sp³-hybridized carbons (Fsp3) is 0.0769. The molecule has 0 aliphatic carbocycles. The van der Waals surface area contributed by atoms with Crippen LogP contribution in [-0.2, 0) is 0 Å². The topological polar surface area (TPSA) is 20.2 Å². The van der Waals surface area contributed by atoms with Crippen molar-refractivity contribution in [1.29, 1.82) is 0 Å². The molecule has 0 heterocycles. The van der Waals surface area contributed by atoms with Crippen LogP contribution in [0.25, 0.3) is 11.1 Å². The molecule has 0 aliphatic rings. The molecule has 2 heteroatoms. The second-order valence-corrected chi connectivity index (χ2v) is 4.34. The molecule has 0 aliphatic heterocycles. The van der Waals surface area contributed by atoms with Crippen LogP contribution in [0.4, 0.5) is 0 Å². The molecule has 0 saturated heterocycles. The number of halogens is 1. The molecule has 0 bridgehead atoms. The summed E-state index contributed by atoms with van der Waals surface area (Å²) in [4.78, 5) is 0. The third kappa shape index (κ3) is 2.05. The van der Waals surface area contributed by atoms with Crippen LogP contribution in [0.15, 0.2) is 46.9 Å². The monoisotopic (exact) mass is 262 g/mol. The molecule has 0 aromatic heterocycles. The van der Waals surface area contributed by atoms with Crippen molar-refractivity contribution in [1.82, 2.24) is 0 Å². The van der Waals surface area contributed by atoms with Gasteiger partial charge >= 0.3 is 0 Å². The lowest BCUT2D eigenvalue weighted by atomic mass is 10.0. The van der Waals surface area contributed by atoms with Crippen molar-refractivity contribution in [2.75, 3.05) is 0 Å². The molecule has 15 heavy (non-hydrogen) atoms. The van der Waals surface area contributed by atoms with E-state index in [2.05, 4.69) is 15.9 Å². The van der Waals surface area contributed by atoms with E-state index in [4.69, 9.17) is 0 Å². The molecule has 0 spiro atoms. The average Bonchev–Trinajstić information content (AvgIpc) is 2.25. The average molecular weight is 263 g/mol. The van der Waals surface area contributed by atoms with Gasteiger partial charge in [-0.15, -0.1) is 0 Å². The first kappa shape index (κ1) is 10.2. The van der Waals surface area contributed by atoms with E-state index in [-0.39, 0.29) is 0 Å². The largest absolute Gasteiger partial charge is 0.507 e. The van der Waals surface area contributed by atoms with Gasteiger partial charge in [-0.25, -0.2) is 0 Å². The second kappa shape index (κ2) is 4.07. The minimum absolute atomic E-state index is 0.321. The molecule has 1 nitrogen and oxygen atoms in total. The molecule has 76 valence electrons. The zero-order chi connectivity index (χ0) is 10.8. The first-order valence-electron chi connectivity index (χ1n) is 4.73. The maximum atomic E-state index is 9.85. The number of phenols is 1. The summed E-state index contributed by atoms with van der Waals surface area (Å²) >= 11 is 3.47. The van der Waals surface area contributed by atoms with Gasteiger partial charge in [-0.2, -0.15) is 0 Å². The summed E-state index contributed by atoms with van der Waals surface area (Å²) in [6, 6.07) is 13.6. The Morgan fingerprint density at radius 1 is 1.07 bits per heavy atom. The van der Waals surface area contributed by atoms with E-state index in [1.165, 1.54) is 0 Å². The normalized spacial score (nSPS) is 10.3. The van der Waals surface area contributed by atoms with Crippen LogP contribution in [0.1, 0.15) is 5.56 Å². The molecule has 2 aromatic rings. The lowest BCUT2D eigenvalue weighted by Gasteiger charge is -2.07. The van der Waals surface area contributed by atoms with E-state index >= 15 is 0 Å². The van der Waals surface area contributed by atoms with Crippen LogP contribution in [0.3, 0.4) is 0 Å². The fourth-order valence-corrected chi connectivity index (χ4v) is 1.86. The SMILES string of the molecule is Cc1cc(O)c(-c2ccccc2)cc1Br. The van der Waals surface area contributed by atoms with Gasteiger partial charge in [0.2, 0.25) is 0 Å². The maximum Gasteiger partial charge on any atom is 0.123 e. The molecule has 0 saturated carbocycles. The van der Waals surface area contributed by atoms with Gasteiger partial charge in [-0.3, -0.25) is 0 Å². The van der Waals surface area contributed by atoms with Gasteiger partial charge in [-0.05, 0) is 30.2 Å². The van der Waals surface area contributed by atoms with E-state index in [0.717, 1.165) is 21.2 Å². The number of benzene rings is 2. The van der Waals surface area contributed by atoms with Gasteiger partial charge in [-0.1, -0.05) is 46.3 Å². The van der Waals surface area contributed by atoms with Crippen molar-refractivity contribution >= 4 is 15.9 Å². The number of rotatable bonds is 1. The highest BCUT2D eigenvalue weighted by molar-refractivity contribution is 9.10. The molecule has 0 radical (unpaired) electrons. The molecular formula is C13H11BrO. The summed E-state index contributed by atoms with van der Waals surface area (Å²) in [5, 5.41) is 9.85. The van der Waals surface area contributed by atoms with Gasteiger partial charge in [0.25, 0.3) is 0 Å². The quantitative estimate of drug-likeness (QED) is 0.820. The van der Waals surface area contributed by atoms with Gasteiger partial charge in [0.05, 0.1) is 0 Å². The van der Waals surface area contributed by atoms with Crippen molar-refractivity contribution in [3.05, 3.63) is 52.5 Å². The second-order valence-electron chi connectivity index (χ2n) is 3.48. The molecule has 0 atom stereocenters. The molecular weight excluding hydrogens is 252 g/mol. The molecule has 2 aromatic carbocycles. The van der Waals surface area contributed by atoms with E-state index in [1.807, 2.05) is 43.3 Å². The van der Waals surface area contributed by atoms with E-state index in [0.29, 0.717) is 5.75 Å². The lowest BCUT2D eigenvalue weighted by molar-refractivity contribution is 0.477. The van der Waals surface area contributed by atoms with Crippen molar-refractivity contribution in [3.8, 4) is 16.9 Å². The van der Waals surface area contributed by atoms with Gasteiger partial charge in [0.15, 0.2) is 0 Å². The highest BCUT2D eigenvalue weighted by Gasteiger charge is 2.06. The Bertz CT molecular complexity index is 477. The van der Waals surface area contributed by atoms with Gasteiger partial charge < -0.3 is 5.11 Å². The van der Waals surface area contributed by atoms with Crippen LogP contribution in [-0.4, -0.2) is 5.11 Å². The zero-order valence-corrected chi connectivity index (χ0v) is 9.95. The van der Waals surface area contributed by atoms with Crippen LogP contribution in [0, 0.1) is 6.92 Å². The minimum Gasteiger partial charge on any atom is -0.507 e. The summed E-state index contributed by atoms with van der Waals surface area (Å²) in [5.41, 5.74) is 2.91. The first-order valence-corrected chi connectivity index (χ1v) is 5.52. The lowest BCUT2D eigenvalue weighted by Crippen LogP contribution is -1.82. The van der Waals surface area contributed by atoms with Crippen LogP contribution < -0.4 is 0 Å². The van der Waals surface area contributed by atoms with Crippen molar-refractivity contribution < 1.29 is 5.11 Å². The predicted octanol–water partition coefficient (Wildman–Crippen LogP) is 4.13. The first-order chi connectivity index (χ1) is 7.18. The summed E-state index contributed by atoms with van der Waals surface area (Å²) in [6.45, 7) is 1.96. The Labute approximate surface area is 97.5 Å². The molecule has 0 amide bonds. The van der Waals surface area contributed by atoms with E-state index in [9.17, 15) is 5.11 Å². The van der Waals surface area contributed by atoms with Crippen molar-refractivity contribution in [2.45, 2.75) is 6.92 Å². The highest BCUT2D eigenvalue weighted by Crippen LogP contribution is 2.33. The summed E-state index contributed by atoms with van der Waals surface area (Å²) < 4.78 is 1.01. The Balaban J connectivity index is 2.59. The Hall–Kier alpha value is -1.28. The Morgan fingerprint density at radius 3 is 2.40 bits per heavy atom. The minimum atomic E-state index is 0.321. The van der Waals surface area contributed by atoms with Crippen molar-refractivity contribution in [2.24, 2.45) is 0 Å². The van der Waals surface area contributed by atoms with Crippen LogP contribution in [0.2, 0.25) is 0 Å². The third-order valence-electron chi connectivity index (χ3n) is 2.36. The van der Waals surface area contributed by atoms with E-state index in [1.54, 1.807) is 6.07 Å². The molecule has 0 unspecified atom stereocenters. The van der Waals surface area contributed by atoms with E-state index < -0.39 is 0 Å². The third-order valence-corrected chi connectivity index (χ3v) is 3.22. The number of hydrogen-bond donors (Lipinski definition) is 1. The van der Waals surface area contributed by atoms with Gasteiger partial charge in [0, 0.05) is 10.0 Å². The van der Waals surface area contributed by atoms with Crippen LogP contribution in [0.5, 0.6) is 5.75 Å². The Kier molecular flexibility index (Phi) is 2.78. The maximum absolute atomic E-state index is 9.85. The highest BCUT2D eigenvalue weighted by atomic mass is 79.9. The fourth-order valence-electron chi connectivity index (χ4n) is 1.52. The molecule has 0 fully saturated rings. The standard InChI is InChI=1S/C13H11BrO/c1-9-7-13(15)11(8-12(9)14)10-5-3-2-4-6-10/h2-8,15H,1H3. The predicted molar refractivity (Wildman–Crippen MR) is 66.0 cm³/mol. The molecule has 2 rings (SSSR count).